The van der Waals surface area contributed by atoms with Gasteiger partial charge in [-0.05, 0) is 29.3 Å². The Kier molecular flexibility index (Phi) is 4.36. The second-order valence-corrected chi connectivity index (χ2v) is 5.21. The summed E-state index contributed by atoms with van der Waals surface area (Å²) in [7, 11) is 1.82. The van der Waals surface area contributed by atoms with E-state index in [1.807, 2.05) is 24.9 Å². The summed E-state index contributed by atoms with van der Waals surface area (Å²) in [6, 6.07) is 0. The molecule has 2 rings (SSSR count). The molecule has 0 saturated heterocycles. The van der Waals surface area contributed by atoms with E-state index in [1.165, 1.54) is 0 Å². The maximum atomic E-state index is 11.9. The summed E-state index contributed by atoms with van der Waals surface area (Å²) in [5.74, 6) is -0.0766. The summed E-state index contributed by atoms with van der Waals surface area (Å²) in [5, 5.41) is 11.1. The molecule has 0 saturated carbocycles. The lowest BCUT2D eigenvalue weighted by molar-refractivity contribution is 0.0952. The lowest BCUT2D eigenvalue weighted by Crippen LogP contribution is -2.25. The van der Waals surface area contributed by atoms with Crippen molar-refractivity contribution in [2.24, 2.45) is 7.05 Å². The van der Waals surface area contributed by atoms with Gasteiger partial charge in [0.05, 0.1) is 22.4 Å². The molecule has 1 N–H and O–H groups in total. The van der Waals surface area contributed by atoms with Gasteiger partial charge in [0, 0.05) is 32.0 Å². The molecule has 0 bridgehead atoms. The van der Waals surface area contributed by atoms with Gasteiger partial charge in [-0.1, -0.05) is 0 Å². The van der Waals surface area contributed by atoms with Gasteiger partial charge in [-0.15, -0.1) is 0 Å². The van der Waals surface area contributed by atoms with E-state index >= 15 is 0 Å². The van der Waals surface area contributed by atoms with E-state index in [0.717, 1.165) is 23.1 Å². The van der Waals surface area contributed by atoms with Gasteiger partial charge in [0.25, 0.3) is 5.91 Å². The third kappa shape index (κ3) is 3.44. The molecule has 0 aromatic carbocycles. The Bertz CT molecular complexity index is 574. The summed E-state index contributed by atoms with van der Waals surface area (Å²) < 4.78 is 4.49. The number of amides is 1. The minimum absolute atomic E-state index is 0.0766. The molecular weight excluding hydrogens is 310 g/mol. The fourth-order valence-electron chi connectivity index (χ4n) is 1.72. The molecule has 0 radical (unpaired) electrons. The van der Waals surface area contributed by atoms with Crippen molar-refractivity contribution in [1.29, 1.82) is 0 Å². The van der Waals surface area contributed by atoms with Crippen molar-refractivity contribution < 1.29 is 4.79 Å². The van der Waals surface area contributed by atoms with Crippen LogP contribution in [0, 0.1) is 6.92 Å². The van der Waals surface area contributed by atoms with Crippen LogP contribution in [0.25, 0.3) is 0 Å². The van der Waals surface area contributed by atoms with E-state index in [0.29, 0.717) is 12.1 Å². The fourth-order valence-corrected chi connectivity index (χ4v) is 2.05. The number of nitrogens with zero attached hydrogens (tertiary/aromatic N) is 4. The molecule has 2 aromatic rings. The maximum Gasteiger partial charge on any atom is 0.254 e. The van der Waals surface area contributed by atoms with E-state index in [1.54, 1.807) is 17.1 Å². The number of aryl methyl sites for hydroxylation is 2. The van der Waals surface area contributed by atoms with Gasteiger partial charge < -0.3 is 5.32 Å². The van der Waals surface area contributed by atoms with Crippen LogP contribution in [0.1, 0.15) is 22.5 Å². The molecule has 19 heavy (non-hydrogen) atoms. The molecule has 0 atom stereocenters. The number of hydrogen-bond acceptors (Lipinski definition) is 3. The molecule has 0 spiro atoms. The van der Waals surface area contributed by atoms with Crippen LogP contribution in [0.15, 0.2) is 23.1 Å². The van der Waals surface area contributed by atoms with Crippen molar-refractivity contribution >= 4 is 21.8 Å². The summed E-state index contributed by atoms with van der Waals surface area (Å²) in [4.78, 5) is 11.9. The quantitative estimate of drug-likeness (QED) is 0.847. The van der Waals surface area contributed by atoms with Crippen LogP contribution in [0.2, 0.25) is 0 Å². The zero-order chi connectivity index (χ0) is 13.8. The first-order valence-electron chi connectivity index (χ1n) is 6.02. The molecule has 0 aliphatic rings. The largest absolute Gasteiger partial charge is 0.352 e. The highest BCUT2D eigenvalue weighted by atomic mass is 79.9. The third-order valence-corrected chi connectivity index (χ3v) is 3.34. The number of carbonyl (C=O) groups excluding carboxylic acids is 1. The highest BCUT2D eigenvalue weighted by molar-refractivity contribution is 9.10. The standard InChI is InChI=1S/C12H16BrN5O/c1-9-11(7-15-17(9)2)12(19)14-4-3-5-18-8-10(13)6-16-18/h6-8H,3-5H2,1-2H3,(H,14,19). The van der Waals surface area contributed by atoms with E-state index < -0.39 is 0 Å². The number of carbonyl (C=O) groups is 1. The van der Waals surface area contributed by atoms with Crippen LogP contribution in [0.5, 0.6) is 0 Å². The minimum atomic E-state index is -0.0766. The van der Waals surface area contributed by atoms with E-state index in [9.17, 15) is 4.79 Å². The summed E-state index contributed by atoms with van der Waals surface area (Å²) in [6.45, 7) is 3.27. The van der Waals surface area contributed by atoms with Crippen LogP contribution in [-0.2, 0) is 13.6 Å². The molecule has 1 amide bonds. The van der Waals surface area contributed by atoms with Crippen molar-refractivity contribution in [2.75, 3.05) is 6.54 Å². The first kappa shape index (κ1) is 13.8. The predicted octanol–water partition coefficient (Wildman–Crippen LogP) is 1.51. The Morgan fingerprint density at radius 1 is 1.42 bits per heavy atom. The first-order chi connectivity index (χ1) is 9.08. The Hall–Kier alpha value is -1.63. The molecular formula is C12H16BrN5O. The maximum absolute atomic E-state index is 11.9. The van der Waals surface area contributed by atoms with Gasteiger partial charge in [-0.25, -0.2) is 0 Å². The first-order valence-corrected chi connectivity index (χ1v) is 6.82. The van der Waals surface area contributed by atoms with Gasteiger partial charge in [-0.3, -0.25) is 14.2 Å². The smallest absolute Gasteiger partial charge is 0.254 e. The number of nitrogens with one attached hydrogen (secondary N) is 1. The second-order valence-electron chi connectivity index (χ2n) is 4.30. The summed E-state index contributed by atoms with van der Waals surface area (Å²) in [5.41, 5.74) is 1.50. The van der Waals surface area contributed by atoms with Crippen LogP contribution in [0.3, 0.4) is 0 Å². The van der Waals surface area contributed by atoms with Gasteiger partial charge >= 0.3 is 0 Å². The lowest BCUT2D eigenvalue weighted by atomic mass is 10.2. The fraction of sp³-hybridized carbons (Fsp3) is 0.417. The van der Waals surface area contributed by atoms with Gasteiger partial charge in [-0.2, -0.15) is 10.2 Å². The van der Waals surface area contributed by atoms with Crippen molar-refractivity contribution in [1.82, 2.24) is 24.9 Å². The SMILES string of the molecule is Cc1c(C(=O)NCCCn2cc(Br)cn2)cnn1C. The summed E-state index contributed by atoms with van der Waals surface area (Å²) in [6.07, 6.45) is 6.08. The Balaban J connectivity index is 1.77. The van der Waals surface area contributed by atoms with E-state index in [4.69, 9.17) is 0 Å². The molecule has 7 heteroatoms. The number of hydrogen-bond donors (Lipinski definition) is 1. The highest BCUT2D eigenvalue weighted by Crippen LogP contribution is 2.07. The van der Waals surface area contributed by atoms with Crippen LogP contribution in [-0.4, -0.2) is 32.0 Å². The minimum Gasteiger partial charge on any atom is -0.352 e. The van der Waals surface area contributed by atoms with Crippen molar-refractivity contribution in [3.05, 3.63) is 34.3 Å². The van der Waals surface area contributed by atoms with Crippen LogP contribution < -0.4 is 5.32 Å². The molecule has 0 unspecified atom stereocenters. The molecule has 0 aliphatic carbocycles. The van der Waals surface area contributed by atoms with E-state index in [2.05, 4.69) is 31.4 Å². The van der Waals surface area contributed by atoms with Gasteiger partial charge in [0.15, 0.2) is 0 Å². The van der Waals surface area contributed by atoms with Crippen LogP contribution in [0.4, 0.5) is 0 Å². The average molecular weight is 326 g/mol. The normalized spacial score (nSPS) is 10.7. The Morgan fingerprint density at radius 2 is 2.21 bits per heavy atom. The number of rotatable bonds is 5. The van der Waals surface area contributed by atoms with Crippen molar-refractivity contribution in [2.45, 2.75) is 19.9 Å². The molecule has 0 fully saturated rings. The topological polar surface area (TPSA) is 64.7 Å². The van der Waals surface area contributed by atoms with Crippen LogP contribution >= 0.6 is 15.9 Å². The van der Waals surface area contributed by atoms with Gasteiger partial charge in [0.2, 0.25) is 0 Å². The zero-order valence-corrected chi connectivity index (χ0v) is 12.5. The monoisotopic (exact) mass is 325 g/mol. The Labute approximate surface area is 119 Å². The lowest BCUT2D eigenvalue weighted by Gasteiger charge is -2.05. The second kappa shape index (κ2) is 6.01. The highest BCUT2D eigenvalue weighted by Gasteiger charge is 2.11. The molecule has 6 nitrogen and oxygen atoms in total. The number of halogens is 1. The van der Waals surface area contributed by atoms with Crippen molar-refractivity contribution in [3.8, 4) is 0 Å². The molecule has 2 heterocycles. The predicted molar refractivity (Wildman–Crippen MR) is 74.8 cm³/mol. The molecule has 2 aromatic heterocycles. The third-order valence-electron chi connectivity index (χ3n) is 2.93. The van der Waals surface area contributed by atoms with E-state index in [-0.39, 0.29) is 5.91 Å². The van der Waals surface area contributed by atoms with Crippen molar-refractivity contribution in [3.63, 3.8) is 0 Å². The molecule has 102 valence electrons. The summed E-state index contributed by atoms with van der Waals surface area (Å²) >= 11 is 3.34. The molecule has 0 aliphatic heterocycles. The Morgan fingerprint density at radius 3 is 2.79 bits per heavy atom. The number of aromatic nitrogens is 4. The average Bonchev–Trinajstić information content (AvgIpc) is 2.93. The zero-order valence-electron chi connectivity index (χ0n) is 10.9. The van der Waals surface area contributed by atoms with Gasteiger partial charge in [0.1, 0.15) is 0 Å².